The van der Waals surface area contributed by atoms with Gasteiger partial charge in [0.05, 0.1) is 35.9 Å². The molecule has 0 fully saturated rings. The van der Waals surface area contributed by atoms with Gasteiger partial charge in [-0.25, -0.2) is 4.79 Å². The molecule has 0 spiro atoms. The van der Waals surface area contributed by atoms with Gasteiger partial charge in [-0.1, -0.05) is 0 Å². The van der Waals surface area contributed by atoms with Gasteiger partial charge in [0.25, 0.3) is 11.5 Å². The summed E-state index contributed by atoms with van der Waals surface area (Å²) in [7, 11) is 1.42. The summed E-state index contributed by atoms with van der Waals surface area (Å²) in [6, 6.07) is 6.37. The van der Waals surface area contributed by atoms with Gasteiger partial charge in [0, 0.05) is 16.3 Å². The lowest BCUT2D eigenvalue weighted by Gasteiger charge is -2.14. The minimum absolute atomic E-state index is 0.0333. The maximum Gasteiger partial charge on any atom is 0.416 e. The SMILES string of the molecule is CCOC(=O)c1nn(-c2ccc(OC)cc2)c(=O)c2c(NC(=O)c3cc(C(F)(F)F)cc(C(F)(F)F)c3)scc12. The minimum Gasteiger partial charge on any atom is -0.497 e. The topological polar surface area (TPSA) is 99.5 Å². The minimum atomic E-state index is -5.17. The fourth-order valence-corrected chi connectivity index (χ4v) is 4.58. The van der Waals surface area contributed by atoms with Crippen LogP contribution in [0.4, 0.5) is 31.3 Å². The van der Waals surface area contributed by atoms with Crippen LogP contribution in [0.5, 0.6) is 5.75 Å². The molecule has 2 heterocycles. The highest BCUT2D eigenvalue weighted by atomic mass is 32.1. The monoisotopic (exact) mass is 585 g/mol. The Morgan fingerprint density at radius 3 is 2.12 bits per heavy atom. The van der Waals surface area contributed by atoms with Gasteiger partial charge in [0.15, 0.2) is 5.69 Å². The highest BCUT2D eigenvalue weighted by molar-refractivity contribution is 7.16. The third-order valence-electron chi connectivity index (χ3n) is 5.52. The summed E-state index contributed by atoms with van der Waals surface area (Å²) in [6.45, 7) is 1.51. The summed E-state index contributed by atoms with van der Waals surface area (Å²) in [5, 5.41) is 7.08. The van der Waals surface area contributed by atoms with Crippen molar-refractivity contribution in [2.75, 3.05) is 19.0 Å². The van der Waals surface area contributed by atoms with E-state index in [1.165, 1.54) is 43.7 Å². The van der Waals surface area contributed by atoms with Crippen molar-refractivity contribution in [3.05, 3.63) is 80.6 Å². The van der Waals surface area contributed by atoms with E-state index < -0.39 is 46.5 Å². The number of ether oxygens (including phenoxy) is 2. The number of amides is 1. The summed E-state index contributed by atoms with van der Waals surface area (Å²) in [5.74, 6) is -1.80. The molecule has 1 amide bonds. The van der Waals surface area contributed by atoms with Gasteiger partial charge in [-0.3, -0.25) is 9.59 Å². The van der Waals surface area contributed by atoms with Crippen LogP contribution in [0.2, 0.25) is 0 Å². The molecular weight excluding hydrogens is 568 g/mol. The van der Waals surface area contributed by atoms with Crippen LogP contribution in [0.15, 0.2) is 52.6 Å². The lowest BCUT2D eigenvalue weighted by atomic mass is 10.0. The highest BCUT2D eigenvalue weighted by Gasteiger charge is 2.37. The van der Waals surface area contributed by atoms with Gasteiger partial charge in [0.1, 0.15) is 10.8 Å². The Kier molecular flexibility index (Phi) is 7.61. The summed E-state index contributed by atoms with van der Waals surface area (Å²) < 4.78 is 90.6. The summed E-state index contributed by atoms with van der Waals surface area (Å²) in [5.41, 5.74) is -5.25. The number of carbonyl (C=O) groups excluding carboxylic acids is 2. The molecule has 2 aromatic heterocycles. The second kappa shape index (κ2) is 10.6. The van der Waals surface area contributed by atoms with Crippen molar-refractivity contribution in [3.8, 4) is 11.4 Å². The second-order valence-corrected chi connectivity index (χ2v) is 8.97. The zero-order chi connectivity index (χ0) is 29.4. The lowest BCUT2D eigenvalue weighted by molar-refractivity contribution is -0.143. The van der Waals surface area contributed by atoms with Crippen molar-refractivity contribution < 1.29 is 45.4 Å². The Morgan fingerprint density at radius 2 is 1.60 bits per heavy atom. The molecule has 0 bridgehead atoms. The third-order valence-corrected chi connectivity index (χ3v) is 6.41. The number of fused-ring (bicyclic) bond motifs is 1. The number of halogens is 6. The molecule has 0 saturated carbocycles. The van der Waals surface area contributed by atoms with Crippen LogP contribution in [0.1, 0.15) is 38.9 Å². The molecule has 0 aliphatic rings. The molecule has 0 atom stereocenters. The molecule has 0 aliphatic heterocycles. The number of hydrogen-bond acceptors (Lipinski definition) is 7. The number of carbonyl (C=O) groups is 2. The number of methoxy groups -OCH3 is 1. The number of rotatable bonds is 6. The zero-order valence-corrected chi connectivity index (χ0v) is 21.3. The Balaban J connectivity index is 1.86. The first-order valence-electron chi connectivity index (χ1n) is 11.2. The zero-order valence-electron chi connectivity index (χ0n) is 20.4. The quantitative estimate of drug-likeness (QED) is 0.223. The molecule has 4 aromatic rings. The van der Waals surface area contributed by atoms with E-state index >= 15 is 0 Å². The van der Waals surface area contributed by atoms with Crippen LogP contribution in [0, 0.1) is 0 Å². The lowest BCUT2D eigenvalue weighted by Crippen LogP contribution is -2.25. The Bertz CT molecular complexity index is 1630. The van der Waals surface area contributed by atoms with Gasteiger partial charge in [-0.05, 0) is 49.4 Å². The van der Waals surface area contributed by atoms with Crippen LogP contribution in [0.25, 0.3) is 16.5 Å². The largest absolute Gasteiger partial charge is 0.497 e. The maximum absolute atomic E-state index is 13.5. The van der Waals surface area contributed by atoms with Crippen LogP contribution in [-0.4, -0.2) is 35.4 Å². The molecular formula is C25H17F6N3O5S. The third kappa shape index (κ3) is 5.64. The normalized spacial score (nSPS) is 11.9. The fourth-order valence-electron chi connectivity index (χ4n) is 3.65. The number of hydrogen-bond donors (Lipinski definition) is 1. The number of anilines is 1. The van der Waals surface area contributed by atoms with Crippen LogP contribution >= 0.6 is 11.3 Å². The predicted molar refractivity (Wildman–Crippen MR) is 132 cm³/mol. The average Bonchev–Trinajstić information content (AvgIpc) is 3.32. The Labute approximate surface area is 224 Å². The number of benzene rings is 2. The molecule has 0 saturated heterocycles. The maximum atomic E-state index is 13.5. The van der Waals surface area contributed by atoms with Crippen molar-refractivity contribution in [3.63, 3.8) is 0 Å². The summed E-state index contributed by atoms with van der Waals surface area (Å²) >= 11 is 0.722. The van der Waals surface area contributed by atoms with E-state index in [1.54, 1.807) is 0 Å². The number of nitrogens with one attached hydrogen (secondary N) is 1. The van der Waals surface area contributed by atoms with Crippen molar-refractivity contribution in [2.45, 2.75) is 19.3 Å². The first kappa shape index (κ1) is 28.6. The number of thiophene rings is 1. The molecule has 4 rings (SSSR count). The Morgan fingerprint density at radius 1 is 1.00 bits per heavy atom. The molecule has 1 N–H and O–H groups in total. The number of nitrogens with zero attached hydrogens (tertiary/aromatic N) is 2. The molecule has 0 radical (unpaired) electrons. The summed E-state index contributed by atoms with van der Waals surface area (Å²) in [4.78, 5) is 39.0. The standard InChI is InChI=1S/C25H17F6N3O5S/c1-3-39-23(37)19-17-11-40-21(18(17)22(36)34(33-19)15-4-6-16(38-2)7-5-15)32-20(35)12-8-13(24(26,27)28)10-14(9-12)25(29,30)31/h4-11H,3H2,1-2H3,(H,32,35). The summed E-state index contributed by atoms with van der Waals surface area (Å²) in [6.07, 6.45) is -10.3. The van der Waals surface area contributed by atoms with Crippen LogP contribution in [0.3, 0.4) is 0 Å². The molecule has 15 heteroatoms. The van der Waals surface area contributed by atoms with E-state index in [4.69, 9.17) is 9.47 Å². The molecule has 0 aliphatic carbocycles. The van der Waals surface area contributed by atoms with E-state index in [0.29, 0.717) is 5.75 Å². The Hall–Kier alpha value is -4.40. The van der Waals surface area contributed by atoms with Crippen LogP contribution in [-0.2, 0) is 17.1 Å². The van der Waals surface area contributed by atoms with E-state index in [2.05, 4.69) is 10.4 Å². The van der Waals surface area contributed by atoms with Gasteiger partial charge < -0.3 is 14.8 Å². The molecule has 40 heavy (non-hydrogen) atoms. The number of esters is 1. The molecule has 210 valence electrons. The molecule has 2 aromatic carbocycles. The van der Waals surface area contributed by atoms with E-state index in [1.807, 2.05) is 0 Å². The van der Waals surface area contributed by atoms with Crippen molar-refractivity contribution in [1.82, 2.24) is 9.78 Å². The van der Waals surface area contributed by atoms with E-state index in [9.17, 15) is 40.7 Å². The van der Waals surface area contributed by atoms with Gasteiger partial charge >= 0.3 is 18.3 Å². The average molecular weight is 585 g/mol. The van der Waals surface area contributed by atoms with Crippen LogP contribution < -0.4 is 15.6 Å². The van der Waals surface area contributed by atoms with E-state index in [-0.39, 0.29) is 52.0 Å². The van der Waals surface area contributed by atoms with Gasteiger partial charge in [-0.15, -0.1) is 11.3 Å². The van der Waals surface area contributed by atoms with Crippen molar-refractivity contribution in [1.29, 1.82) is 0 Å². The van der Waals surface area contributed by atoms with E-state index in [0.717, 1.165) is 16.0 Å². The molecule has 0 unspecified atom stereocenters. The number of aromatic nitrogens is 2. The first-order chi connectivity index (χ1) is 18.7. The van der Waals surface area contributed by atoms with Gasteiger partial charge in [0.2, 0.25) is 0 Å². The molecule has 8 nitrogen and oxygen atoms in total. The van der Waals surface area contributed by atoms with Gasteiger partial charge in [-0.2, -0.15) is 36.1 Å². The van der Waals surface area contributed by atoms with Crippen molar-refractivity contribution in [2.24, 2.45) is 0 Å². The number of alkyl halides is 6. The first-order valence-corrected chi connectivity index (χ1v) is 12.1. The predicted octanol–water partition coefficient (Wildman–Crippen LogP) is 5.92. The highest BCUT2D eigenvalue weighted by Crippen LogP contribution is 2.37. The fraction of sp³-hybridized carbons (Fsp3) is 0.200. The smallest absolute Gasteiger partial charge is 0.416 e. The second-order valence-electron chi connectivity index (χ2n) is 8.09. The van der Waals surface area contributed by atoms with Crippen molar-refractivity contribution >= 4 is 39.0 Å².